The van der Waals surface area contributed by atoms with Crippen LogP contribution in [-0.4, -0.2) is 37.8 Å². The van der Waals surface area contributed by atoms with E-state index in [1.165, 1.54) is 11.0 Å². The highest BCUT2D eigenvalue weighted by molar-refractivity contribution is 7.80. The van der Waals surface area contributed by atoms with Crippen LogP contribution < -0.4 is 29.2 Å². The van der Waals surface area contributed by atoms with E-state index >= 15 is 0 Å². The molecule has 0 bridgehead atoms. The van der Waals surface area contributed by atoms with Crippen molar-refractivity contribution in [2.24, 2.45) is 0 Å². The van der Waals surface area contributed by atoms with Crippen LogP contribution in [0.5, 0.6) is 23.0 Å². The van der Waals surface area contributed by atoms with E-state index in [9.17, 15) is 9.59 Å². The summed E-state index contributed by atoms with van der Waals surface area (Å²) in [4.78, 5) is 27.6. The van der Waals surface area contributed by atoms with Crippen molar-refractivity contribution < 1.29 is 28.5 Å². The molecule has 0 spiro atoms. The molecule has 1 N–H and O–H groups in total. The third kappa shape index (κ3) is 6.21. The summed E-state index contributed by atoms with van der Waals surface area (Å²) >= 11 is 5.34. The molecule has 3 aromatic rings. The Bertz CT molecular complexity index is 1450. The molecular formula is C30H30N2O6S. The van der Waals surface area contributed by atoms with Crippen LogP contribution in [0.1, 0.15) is 29.2 Å². The van der Waals surface area contributed by atoms with Gasteiger partial charge in [-0.2, -0.15) is 0 Å². The van der Waals surface area contributed by atoms with Gasteiger partial charge in [0.15, 0.2) is 16.6 Å². The molecule has 1 aliphatic rings. The Kier molecular flexibility index (Phi) is 8.51. The average Bonchev–Trinajstić information content (AvgIpc) is 2.90. The number of ether oxygens (including phenoxy) is 4. The van der Waals surface area contributed by atoms with Crippen LogP contribution in [0.25, 0.3) is 6.08 Å². The lowest BCUT2D eigenvalue weighted by Gasteiger charge is -2.29. The SMILES string of the molecule is CCOc1cc(/C=C2\C(=O)NC(=S)N(c3cc(C)cc(C)c3)C2=O)ccc1OCc1cc(OC)ccc1OC. The number of methoxy groups -OCH3 is 2. The summed E-state index contributed by atoms with van der Waals surface area (Å²) in [6, 6.07) is 16.4. The van der Waals surface area contributed by atoms with Crippen molar-refractivity contribution in [3.8, 4) is 23.0 Å². The second kappa shape index (κ2) is 12.0. The number of carbonyl (C=O) groups is 2. The van der Waals surface area contributed by atoms with E-state index < -0.39 is 11.8 Å². The van der Waals surface area contributed by atoms with Crippen molar-refractivity contribution in [3.63, 3.8) is 0 Å². The molecule has 2 amide bonds. The second-order valence-corrected chi connectivity index (χ2v) is 9.30. The lowest BCUT2D eigenvalue weighted by molar-refractivity contribution is -0.122. The lowest BCUT2D eigenvalue weighted by Crippen LogP contribution is -2.54. The van der Waals surface area contributed by atoms with E-state index in [0.717, 1.165) is 16.7 Å². The number of nitrogens with zero attached hydrogens (tertiary/aromatic N) is 1. The zero-order valence-corrected chi connectivity index (χ0v) is 23.3. The predicted octanol–water partition coefficient (Wildman–Crippen LogP) is 5.13. The fourth-order valence-corrected chi connectivity index (χ4v) is 4.57. The van der Waals surface area contributed by atoms with E-state index in [-0.39, 0.29) is 17.3 Å². The number of aryl methyl sites for hydroxylation is 2. The molecule has 1 fully saturated rings. The number of amides is 2. The Morgan fingerprint density at radius 1 is 0.872 bits per heavy atom. The molecule has 0 atom stereocenters. The van der Waals surface area contributed by atoms with Crippen molar-refractivity contribution in [1.29, 1.82) is 0 Å². The fourth-order valence-electron chi connectivity index (χ4n) is 4.29. The van der Waals surface area contributed by atoms with Gasteiger partial charge in [-0.15, -0.1) is 0 Å². The molecule has 0 saturated carbocycles. The first-order valence-corrected chi connectivity index (χ1v) is 12.7. The number of thiocarbonyl (C=S) groups is 1. The molecular weight excluding hydrogens is 516 g/mol. The van der Waals surface area contributed by atoms with Crippen molar-refractivity contribution in [2.45, 2.75) is 27.4 Å². The summed E-state index contributed by atoms with van der Waals surface area (Å²) in [6.07, 6.45) is 1.52. The standard InChI is InChI=1S/C30H30N2O6S/c1-6-37-27-15-20(7-9-26(27)38-17-21-16-23(35-4)8-10-25(21)36-5)14-24-28(33)31-30(39)32(29(24)34)22-12-18(2)11-19(3)13-22/h7-16H,6,17H2,1-5H3,(H,31,33,39)/b24-14+. The second-order valence-electron chi connectivity index (χ2n) is 8.91. The predicted molar refractivity (Wildman–Crippen MR) is 154 cm³/mol. The van der Waals surface area contributed by atoms with E-state index in [1.807, 2.05) is 57.2 Å². The molecule has 0 unspecified atom stereocenters. The van der Waals surface area contributed by atoms with Gasteiger partial charge in [0.25, 0.3) is 11.8 Å². The van der Waals surface area contributed by atoms with Crippen LogP contribution in [-0.2, 0) is 16.2 Å². The quantitative estimate of drug-likeness (QED) is 0.226. The first-order valence-electron chi connectivity index (χ1n) is 12.3. The van der Waals surface area contributed by atoms with Gasteiger partial charge in [-0.1, -0.05) is 12.1 Å². The van der Waals surface area contributed by atoms with Crippen LogP contribution in [0.3, 0.4) is 0 Å². The molecule has 1 saturated heterocycles. The van der Waals surface area contributed by atoms with Crippen LogP contribution in [0.2, 0.25) is 0 Å². The third-order valence-corrected chi connectivity index (χ3v) is 6.30. The van der Waals surface area contributed by atoms with Gasteiger partial charge in [-0.3, -0.25) is 19.8 Å². The number of hydrogen-bond donors (Lipinski definition) is 1. The number of rotatable bonds is 9. The van der Waals surface area contributed by atoms with Gasteiger partial charge in [0.2, 0.25) is 0 Å². The minimum atomic E-state index is -0.561. The molecule has 8 nitrogen and oxygen atoms in total. The van der Waals surface area contributed by atoms with Gasteiger partial charge < -0.3 is 18.9 Å². The number of carbonyl (C=O) groups excluding carboxylic acids is 2. The smallest absolute Gasteiger partial charge is 0.270 e. The van der Waals surface area contributed by atoms with Crippen LogP contribution in [0.4, 0.5) is 5.69 Å². The summed E-state index contributed by atoms with van der Waals surface area (Å²) in [5, 5.41) is 2.67. The Morgan fingerprint density at radius 2 is 1.59 bits per heavy atom. The van der Waals surface area contributed by atoms with Gasteiger partial charge in [0.1, 0.15) is 23.7 Å². The molecule has 1 heterocycles. The zero-order chi connectivity index (χ0) is 28.1. The number of nitrogens with one attached hydrogen (secondary N) is 1. The normalized spacial score (nSPS) is 14.3. The van der Waals surface area contributed by atoms with E-state index in [4.69, 9.17) is 31.2 Å². The van der Waals surface area contributed by atoms with E-state index in [1.54, 1.807) is 32.4 Å². The Morgan fingerprint density at radius 3 is 2.26 bits per heavy atom. The highest BCUT2D eigenvalue weighted by atomic mass is 32.1. The minimum Gasteiger partial charge on any atom is -0.497 e. The highest BCUT2D eigenvalue weighted by Crippen LogP contribution is 2.33. The number of benzene rings is 3. The third-order valence-electron chi connectivity index (χ3n) is 6.02. The summed E-state index contributed by atoms with van der Waals surface area (Å²) in [5.41, 5.74) is 3.91. The average molecular weight is 547 g/mol. The first-order chi connectivity index (χ1) is 18.7. The maximum absolute atomic E-state index is 13.5. The highest BCUT2D eigenvalue weighted by Gasteiger charge is 2.34. The molecule has 39 heavy (non-hydrogen) atoms. The molecule has 1 aliphatic heterocycles. The summed E-state index contributed by atoms with van der Waals surface area (Å²) in [7, 11) is 3.19. The number of hydrogen-bond acceptors (Lipinski definition) is 7. The van der Waals surface area contributed by atoms with Gasteiger partial charge in [0.05, 0.1) is 26.5 Å². The van der Waals surface area contributed by atoms with Crippen molar-refractivity contribution in [1.82, 2.24) is 5.32 Å². The number of anilines is 1. The molecule has 0 aliphatic carbocycles. The van der Waals surface area contributed by atoms with Crippen LogP contribution >= 0.6 is 12.2 Å². The van der Waals surface area contributed by atoms with E-state index in [2.05, 4.69) is 5.32 Å². The molecule has 9 heteroatoms. The van der Waals surface area contributed by atoms with E-state index in [0.29, 0.717) is 40.9 Å². The maximum atomic E-state index is 13.5. The van der Waals surface area contributed by atoms with Gasteiger partial charge in [0, 0.05) is 5.56 Å². The summed E-state index contributed by atoms with van der Waals surface area (Å²) < 4.78 is 22.6. The van der Waals surface area contributed by atoms with Crippen molar-refractivity contribution >= 4 is 40.9 Å². The maximum Gasteiger partial charge on any atom is 0.270 e. The monoisotopic (exact) mass is 546 g/mol. The van der Waals surface area contributed by atoms with Gasteiger partial charge >= 0.3 is 0 Å². The zero-order valence-electron chi connectivity index (χ0n) is 22.5. The lowest BCUT2D eigenvalue weighted by atomic mass is 10.1. The largest absolute Gasteiger partial charge is 0.497 e. The molecule has 202 valence electrons. The summed E-state index contributed by atoms with van der Waals surface area (Å²) in [6.45, 7) is 6.34. The molecule has 0 radical (unpaired) electrons. The Labute approximate surface area is 233 Å². The Balaban J connectivity index is 1.63. The van der Waals surface area contributed by atoms with Gasteiger partial charge in [-0.25, -0.2) is 0 Å². The van der Waals surface area contributed by atoms with Crippen molar-refractivity contribution in [3.05, 3.63) is 82.4 Å². The molecule has 3 aromatic carbocycles. The topological polar surface area (TPSA) is 86.3 Å². The van der Waals surface area contributed by atoms with Gasteiger partial charge in [-0.05, 0) is 98.2 Å². The first kappa shape index (κ1) is 27.7. The molecule has 4 rings (SSSR count). The molecule has 0 aromatic heterocycles. The Hall–Kier alpha value is -4.37. The summed E-state index contributed by atoms with van der Waals surface area (Å²) in [5.74, 6) is 1.26. The van der Waals surface area contributed by atoms with Crippen LogP contribution in [0, 0.1) is 13.8 Å². The van der Waals surface area contributed by atoms with Crippen LogP contribution in [0.15, 0.2) is 60.2 Å². The minimum absolute atomic E-state index is 0.0406. The van der Waals surface area contributed by atoms with Crippen molar-refractivity contribution in [2.75, 3.05) is 25.7 Å². The fraction of sp³-hybridized carbons (Fsp3) is 0.233.